The van der Waals surface area contributed by atoms with Crippen LogP contribution in [0.1, 0.15) is 11.1 Å². The van der Waals surface area contributed by atoms with Gasteiger partial charge in [0.2, 0.25) is 0 Å². The van der Waals surface area contributed by atoms with E-state index in [0.29, 0.717) is 5.82 Å². The first-order valence-corrected chi connectivity index (χ1v) is 4.94. The van der Waals surface area contributed by atoms with Crippen molar-refractivity contribution in [2.24, 2.45) is 0 Å². The monoisotopic (exact) mass is 199 g/mol. The molecule has 2 heterocycles. The molecule has 2 N–H and O–H groups in total. The van der Waals surface area contributed by atoms with E-state index in [2.05, 4.69) is 9.97 Å². The Kier molecular flexibility index (Phi) is 2.93. The standard InChI is InChI=1S/C12H13N3/c13-12-9-11(5-8-15-12)2-1-10-3-6-14-7-4-10/h3-9H,1-2H2,(H2,13,15). The normalized spacial score (nSPS) is 10.1. The molecule has 2 aromatic heterocycles. The number of pyridine rings is 2. The largest absolute Gasteiger partial charge is 0.384 e. The van der Waals surface area contributed by atoms with Gasteiger partial charge in [0.05, 0.1) is 0 Å². The number of hydrogen-bond acceptors (Lipinski definition) is 3. The van der Waals surface area contributed by atoms with Gasteiger partial charge in [-0.1, -0.05) is 0 Å². The molecule has 15 heavy (non-hydrogen) atoms. The van der Waals surface area contributed by atoms with E-state index in [-0.39, 0.29) is 0 Å². The molecule has 0 amide bonds. The topological polar surface area (TPSA) is 51.8 Å². The zero-order valence-corrected chi connectivity index (χ0v) is 8.43. The van der Waals surface area contributed by atoms with Crippen LogP contribution >= 0.6 is 0 Å². The van der Waals surface area contributed by atoms with Gasteiger partial charge in [0.1, 0.15) is 5.82 Å². The maximum absolute atomic E-state index is 5.61. The molecule has 3 nitrogen and oxygen atoms in total. The maximum Gasteiger partial charge on any atom is 0.123 e. The molecule has 76 valence electrons. The smallest absolute Gasteiger partial charge is 0.123 e. The second-order valence-electron chi connectivity index (χ2n) is 3.44. The molecule has 0 spiro atoms. The molecule has 0 aliphatic heterocycles. The fourth-order valence-corrected chi connectivity index (χ4v) is 1.49. The van der Waals surface area contributed by atoms with Gasteiger partial charge < -0.3 is 5.73 Å². The Balaban J connectivity index is 1.99. The van der Waals surface area contributed by atoms with Crippen LogP contribution in [0.2, 0.25) is 0 Å². The van der Waals surface area contributed by atoms with Gasteiger partial charge in [0, 0.05) is 18.6 Å². The fraction of sp³-hybridized carbons (Fsp3) is 0.167. The minimum Gasteiger partial charge on any atom is -0.384 e. The van der Waals surface area contributed by atoms with Gasteiger partial charge in [-0.3, -0.25) is 4.98 Å². The van der Waals surface area contributed by atoms with Crippen molar-refractivity contribution in [3.05, 3.63) is 54.0 Å². The summed E-state index contributed by atoms with van der Waals surface area (Å²) in [6, 6.07) is 7.98. The second-order valence-corrected chi connectivity index (χ2v) is 3.44. The molecular formula is C12H13N3. The number of aryl methyl sites for hydroxylation is 2. The van der Waals surface area contributed by atoms with Crippen LogP contribution in [-0.2, 0) is 12.8 Å². The van der Waals surface area contributed by atoms with Gasteiger partial charge in [-0.25, -0.2) is 4.98 Å². The molecule has 0 radical (unpaired) electrons. The van der Waals surface area contributed by atoms with Gasteiger partial charge in [-0.2, -0.15) is 0 Å². The van der Waals surface area contributed by atoms with Crippen molar-refractivity contribution in [2.45, 2.75) is 12.8 Å². The zero-order valence-electron chi connectivity index (χ0n) is 8.43. The van der Waals surface area contributed by atoms with Crippen molar-refractivity contribution in [2.75, 3.05) is 5.73 Å². The van der Waals surface area contributed by atoms with E-state index in [1.165, 1.54) is 11.1 Å². The summed E-state index contributed by atoms with van der Waals surface area (Å²) in [6.07, 6.45) is 7.37. The Hall–Kier alpha value is -1.90. The Morgan fingerprint density at radius 3 is 2.33 bits per heavy atom. The molecule has 0 bridgehead atoms. The summed E-state index contributed by atoms with van der Waals surface area (Å²) in [6.45, 7) is 0. The molecule has 0 aromatic carbocycles. The van der Waals surface area contributed by atoms with E-state index in [1.807, 2.05) is 36.7 Å². The van der Waals surface area contributed by atoms with Crippen LogP contribution in [0.25, 0.3) is 0 Å². The second kappa shape index (κ2) is 4.55. The number of anilines is 1. The van der Waals surface area contributed by atoms with Crippen molar-refractivity contribution < 1.29 is 0 Å². The third-order valence-corrected chi connectivity index (χ3v) is 2.30. The highest BCUT2D eigenvalue weighted by atomic mass is 14.8. The van der Waals surface area contributed by atoms with Crippen molar-refractivity contribution >= 4 is 5.82 Å². The quantitative estimate of drug-likeness (QED) is 0.820. The summed E-state index contributed by atoms with van der Waals surface area (Å²) in [5.41, 5.74) is 8.12. The van der Waals surface area contributed by atoms with Crippen LogP contribution in [0.4, 0.5) is 5.82 Å². The van der Waals surface area contributed by atoms with Crippen LogP contribution in [0.3, 0.4) is 0 Å². The molecule has 0 aliphatic rings. The highest BCUT2D eigenvalue weighted by Crippen LogP contribution is 2.07. The first-order chi connectivity index (χ1) is 7.34. The fourth-order valence-electron chi connectivity index (χ4n) is 1.49. The summed E-state index contributed by atoms with van der Waals surface area (Å²) in [5.74, 6) is 0.585. The highest BCUT2D eigenvalue weighted by molar-refractivity contribution is 5.32. The van der Waals surface area contributed by atoms with Crippen LogP contribution in [0, 0.1) is 0 Å². The lowest BCUT2D eigenvalue weighted by molar-refractivity contribution is 0.952. The molecule has 0 unspecified atom stereocenters. The minimum absolute atomic E-state index is 0.585. The van der Waals surface area contributed by atoms with Gasteiger partial charge in [-0.05, 0) is 48.2 Å². The number of nitrogen functional groups attached to an aromatic ring is 1. The van der Waals surface area contributed by atoms with Crippen molar-refractivity contribution in [1.82, 2.24) is 9.97 Å². The Labute approximate surface area is 89.0 Å². The Morgan fingerprint density at radius 2 is 1.60 bits per heavy atom. The van der Waals surface area contributed by atoms with Crippen LogP contribution in [0.15, 0.2) is 42.9 Å². The molecule has 0 fully saturated rings. The maximum atomic E-state index is 5.61. The van der Waals surface area contributed by atoms with E-state index in [1.54, 1.807) is 6.20 Å². The third kappa shape index (κ3) is 2.77. The number of nitrogens with two attached hydrogens (primary N) is 1. The van der Waals surface area contributed by atoms with Crippen molar-refractivity contribution in [3.63, 3.8) is 0 Å². The lowest BCUT2D eigenvalue weighted by Crippen LogP contribution is -1.95. The first kappa shape index (κ1) is 9.65. The summed E-state index contributed by atoms with van der Waals surface area (Å²) < 4.78 is 0. The number of hydrogen-bond donors (Lipinski definition) is 1. The highest BCUT2D eigenvalue weighted by Gasteiger charge is 1.96. The number of aromatic nitrogens is 2. The van der Waals surface area contributed by atoms with E-state index in [0.717, 1.165) is 12.8 Å². The number of nitrogens with zero attached hydrogens (tertiary/aromatic N) is 2. The molecule has 0 saturated carbocycles. The minimum atomic E-state index is 0.585. The van der Waals surface area contributed by atoms with Crippen molar-refractivity contribution in [1.29, 1.82) is 0 Å². The van der Waals surface area contributed by atoms with Crippen molar-refractivity contribution in [3.8, 4) is 0 Å². The van der Waals surface area contributed by atoms with E-state index in [9.17, 15) is 0 Å². The molecular weight excluding hydrogens is 186 g/mol. The summed E-state index contributed by atoms with van der Waals surface area (Å²) in [4.78, 5) is 7.95. The van der Waals surface area contributed by atoms with Crippen LogP contribution < -0.4 is 5.73 Å². The van der Waals surface area contributed by atoms with E-state index >= 15 is 0 Å². The van der Waals surface area contributed by atoms with Crippen LogP contribution in [0.5, 0.6) is 0 Å². The molecule has 0 atom stereocenters. The average Bonchev–Trinajstić information content (AvgIpc) is 2.28. The van der Waals surface area contributed by atoms with E-state index in [4.69, 9.17) is 5.73 Å². The Bertz CT molecular complexity index is 426. The first-order valence-electron chi connectivity index (χ1n) is 4.94. The lowest BCUT2D eigenvalue weighted by Gasteiger charge is -2.02. The predicted octanol–water partition coefficient (Wildman–Crippen LogP) is 1.84. The molecule has 2 aromatic rings. The average molecular weight is 199 g/mol. The summed E-state index contributed by atoms with van der Waals surface area (Å²) in [7, 11) is 0. The molecule has 2 rings (SSSR count). The van der Waals surface area contributed by atoms with Crippen LogP contribution in [-0.4, -0.2) is 9.97 Å². The zero-order chi connectivity index (χ0) is 10.5. The van der Waals surface area contributed by atoms with Gasteiger partial charge >= 0.3 is 0 Å². The summed E-state index contributed by atoms with van der Waals surface area (Å²) in [5, 5.41) is 0. The number of rotatable bonds is 3. The molecule has 0 saturated heterocycles. The SMILES string of the molecule is Nc1cc(CCc2ccncc2)ccn1. The molecule has 3 heteroatoms. The van der Waals surface area contributed by atoms with Gasteiger partial charge in [0.15, 0.2) is 0 Å². The lowest BCUT2D eigenvalue weighted by atomic mass is 10.1. The van der Waals surface area contributed by atoms with Gasteiger partial charge in [0.25, 0.3) is 0 Å². The Morgan fingerprint density at radius 1 is 0.933 bits per heavy atom. The molecule has 0 aliphatic carbocycles. The summed E-state index contributed by atoms with van der Waals surface area (Å²) >= 11 is 0. The van der Waals surface area contributed by atoms with Gasteiger partial charge in [-0.15, -0.1) is 0 Å². The van der Waals surface area contributed by atoms with E-state index < -0.39 is 0 Å². The predicted molar refractivity (Wildman–Crippen MR) is 60.3 cm³/mol. The third-order valence-electron chi connectivity index (χ3n) is 2.30.